The predicted molar refractivity (Wildman–Crippen MR) is 118 cm³/mol. The molecule has 1 heterocycles. The van der Waals surface area contributed by atoms with Crippen LogP contribution in [0, 0.1) is 5.82 Å². The van der Waals surface area contributed by atoms with Crippen molar-refractivity contribution in [2.75, 3.05) is 6.26 Å². The van der Waals surface area contributed by atoms with E-state index < -0.39 is 21.4 Å². The third-order valence-corrected chi connectivity index (χ3v) is 6.27. The quantitative estimate of drug-likeness (QED) is 0.558. The van der Waals surface area contributed by atoms with Crippen molar-refractivity contribution < 1.29 is 22.7 Å². The van der Waals surface area contributed by atoms with Gasteiger partial charge < -0.3 is 5.11 Å². The first-order valence-electron chi connectivity index (χ1n) is 10.0. The highest BCUT2D eigenvalue weighted by Gasteiger charge is 2.24. The highest BCUT2D eigenvalue weighted by Crippen LogP contribution is 2.25. The van der Waals surface area contributed by atoms with Crippen molar-refractivity contribution in [3.63, 3.8) is 0 Å². The first kappa shape index (κ1) is 23.7. The maximum absolute atomic E-state index is 13.3. The summed E-state index contributed by atoms with van der Waals surface area (Å²) in [6.07, 6.45) is 4.37. The van der Waals surface area contributed by atoms with Gasteiger partial charge in [0.2, 0.25) is 0 Å². The van der Waals surface area contributed by atoms with E-state index in [1.165, 1.54) is 36.7 Å². The molecule has 0 aliphatic carbocycles. The Labute approximate surface area is 187 Å². The fourth-order valence-electron chi connectivity index (χ4n) is 3.28. The van der Waals surface area contributed by atoms with Crippen LogP contribution in [0.2, 0.25) is 0 Å². The number of benzene rings is 2. The molecule has 32 heavy (non-hydrogen) atoms. The predicted octanol–water partition coefficient (Wildman–Crippen LogP) is 3.38. The number of hydrogen-bond donors (Lipinski definition) is 1. The summed E-state index contributed by atoms with van der Waals surface area (Å²) in [5, 5.41) is 10.0. The monoisotopic (exact) mass is 456 g/mol. The van der Waals surface area contributed by atoms with E-state index in [4.69, 9.17) is 0 Å². The number of Topliss-reactive ketones (excluding diaryl/α,β-unsaturated/α-hetero) is 1. The smallest absolute Gasteiger partial charge is 0.175 e. The largest absolute Gasteiger partial charge is 0.384 e. The molecular weight excluding hydrogens is 431 g/mol. The summed E-state index contributed by atoms with van der Waals surface area (Å²) in [5.41, 5.74) is 1.16. The summed E-state index contributed by atoms with van der Waals surface area (Å²) in [5.74, 6) is -1.08. The Morgan fingerprint density at radius 2 is 1.66 bits per heavy atom. The van der Waals surface area contributed by atoms with E-state index in [-0.39, 0.29) is 22.9 Å². The molecule has 2 aromatic carbocycles. The van der Waals surface area contributed by atoms with Crippen LogP contribution in [-0.2, 0) is 33.1 Å². The van der Waals surface area contributed by atoms with Crippen LogP contribution >= 0.6 is 0 Å². The van der Waals surface area contributed by atoms with Crippen molar-refractivity contribution in [3.8, 4) is 0 Å². The molecule has 6 nitrogen and oxygen atoms in total. The fraction of sp³-hybridized carbons (Fsp3) is 0.292. The molecule has 0 saturated carbocycles. The van der Waals surface area contributed by atoms with Gasteiger partial charge in [0.25, 0.3) is 0 Å². The normalized spacial score (nSPS) is 13.0. The molecule has 0 bridgehead atoms. The van der Waals surface area contributed by atoms with Gasteiger partial charge in [0.15, 0.2) is 9.84 Å². The maximum atomic E-state index is 13.3. The summed E-state index contributed by atoms with van der Waals surface area (Å²) in [4.78, 5) is 21.9. The number of aliphatic hydroxyl groups is 1. The lowest BCUT2D eigenvalue weighted by molar-refractivity contribution is -0.119. The van der Waals surface area contributed by atoms with Gasteiger partial charge in [-0.25, -0.2) is 12.8 Å². The van der Waals surface area contributed by atoms with Gasteiger partial charge in [-0.05, 0) is 55.7 Å². The second-order valence-electron chi connectivity index (χ2n) is 8.32. The van der Waals surface area contributed by atoms with Gasteiger partial charge >= 0.3 is 0 Å². The number of rotatable bonds is 8. The first-order chi connectivity index (χ1) is 14.9. The number of nitrogens with zero attached hydrogens (tertiary/aromatic N) is 2. The van der Waals surface area contributed by atoms with Crippen LogP contribution < -0.4 is 0 Å². The van der Waals surface area contributed by atoms with Gasteiger partial charge in [0.05, 0.1) is 28.9 Å². The van der Waals surface area contributed by atoms with Crippen molar-refractivity contribution in [1.29, 1.82) is 0 Å². The van der Waals surface area contributed by atoms with Crippen molar-refractivity contribution in [3.05, 3.63) is 89.3 Å². The minimum atomic E-state index is -3.36. The third kappa shape index (κ3) is 6.05. The number of sulfone groups is 1. The zero-order valence-corrected chi connectivity index (χ0v) is 18.9. The average molecular weight is 457 g/mol. The van der Waals surface area contributed by atoms with Crippen molar-refractivity contribution >= 4 is 15.6 Å². The molecule has 168 valence electrons. The fourth-order valence-corrected chi connectivity index (χ4v) is 3.92. The second kappa shape index (κ2) is 9.26. The molecule has 0 fully saturated rings. The SMILES string of the molecule is CC(C)(O)c1cnc(CC(=O)C(Cc2ccc(F)cc2)c2ccc(S(C)(=O)=O)cc2)cn1. The molecule has 3 rings (SSSR count). The number of hydrogen-bond acceptors (Lipinski definition) is 6. The van der Waals surface area contributed by atoms with Crippen LogP contribution in [0.3, 0.4) is 0 Å². The lowest BCUT2D eigenvalue weighted by Gasteiger charge is -2.18. The summed E-state index contributed by atoms with van der Waals surface area (Å²) in [6.45, 7) is 3.20. The second-order valence-corrected chi connectivity index (χ2v) is 10.3. The molecule has 0 saturated heterocycles. The molecule has 0 spiro atoms. The van der Waals surface area contributed by atoms with Gasteiger partial charge in [-0.2, -0.15) is 0 Å². The molecule has 0 amide bonds. The van der Waals surface area contributed by atoms with E-state index >= 15 is 0 Å². The van der Waals surface area contributed by atoms with Crippen molar-refractivity contribution in [2.24, 2.45) is 0 Å². The number of aromatic nitrogens is 2. The summed E-state index contributed by atoms with van der Waals surface area (Å²) >= 11 is 0. The summed E-state index contributed by atoms with van der Waals surface area (Å²) in [7, 11) is -3.36. The van der Waals surface area contributed by atoms with Crippen LogP contribution in [0.1, 0.15) is 42.3 Å². The van der Waals surface area contributed by atoms with Crippen LogP contribution in [0.15, 0.2) is 65.8 Å². The van der Waals surface area contributed by atoms with Gasteiger partial charge in [-0.1, -0.05) is 24.3 Å². The lowest BCUT2D eigenvalue weighted by Crippen LogP contribution is -2.20. The molecule has 0 aliphatic heterocycles. The van der Waals surface area contributed by atoms with E-state index in [1.807, 2.05) is 0 Å². The Morgan fingerprint density at radius 1 is 1.03 bits per heavy atom. The molecule has 1 unspecified atom stereocenters. The maximum Gasteiger partial charge on any atom is 0.175 e. The van der Waals surface area contributed by atoms with E-state index in [9.17, 15) is 22.7 Å². The van der Waals surface area contributed by atoms with Gasteiger partial charge in [0, 0.05) is 18.4 Å². The summed E-state index contributed by atoms with van der Waals surface area (Å²) < 4.78 is 36.9. The molecule has 1 aromatic heterocycles. The Morgan fingerprint density at radius 3 is 2.16 bits per heavy atom. The zero-order valence-electron chi connectivity index (χ0n) is 18.1. The summed E-state index contributed by atoms with van der Waals surface area (Å²) in [6, 6.07) is 12.1. The molecular formula is C24H25FN2O4S. The van der Waals surface area contributed by atoms with Crippen molar-refractivity contribution in [2.45, 2.75) is 43.1 Å². The van der Waals surface area contributed by atoms with E-state index in [0.717, 1.165) is 11.8 Å². The van der Waals surface area contributed by atoms with Crippen LogP contribution in [0.4, 0.5) is 4.39 Å². The first-order valence-corrected chi connectivity index (χ1v) is 11.9. The standard InChI is InChI=1S/C24H25FN2O4S/c1-24(2,29)23-15-26-19(14-27-23)13-22(28)21(12-16-4-8-18(25)9-5-16)17-6-10-20(11-7-17)32(3,30)31/h4-11,14-15,21,29H,12-13H2,1-3H3. The topological polar surface area (TPSA) is 97.2 Å². The Bertz CT molecular complexity index is 1180. The molecule has 1 atom stereocenters. The van der Waals surface area contributed by atoms with Crippen LogP contribution in [0.5, 0.6) is 0 Å². The van der Waals surface area contributed by atoms with Gasteiger partial charge in [-0.15, -0.1) is 0 Å². The zero-order chi connectivity index (χ0) is 23.5. The lowest BCUT2D eigenvalue weighted by atomic mass is 9.86. The highest BCUT2D eigenvalue weighted by molar-refractivity contribution is 7.90. The molecule has 0 aliphatic rings. The van der Waals surface area contributed by atoms with E-state index in [0.29, 0.717) is 23.4 Å². The van der Waals surface area contributed by atoms with E-state index in [1.54, 1.807) is 38.1 Å². The molecule has 3 aromatic rings. The number of halogens is 1. The highest BCUT2D eigenvalue weighted by atomic mass is 32.2. The minimum absolute atomic E-state index is 0.0127. The number of carbonyl (C=O) groups excluding carboxylic acids is 1. The number of ketones is 1. The molecule has 8 heteroatoms. The van der Waals surface area contributed by atoms with E-state index in [2.05, 4.69) is 9.97 Å². The minimum Gasteiger partial charge on any atom is -0.384 e. The molecule has 0 radical (unpaired) electrons. The number of carbonyl (C=O) groups is 1. The Kier molecular flexibility index (Phi) is 6.85. The van der Waals surface area contributed by atoms with Crippen molar-refractivity contribution in [1.82, 2.24) is 9.97 Å². The Hall–Kier alpha value is -2.97. The van der Waals surface area contributed by atoms with Gasteiger partial charge in [0.1, 0.15) is 17.2 Å². The molecule has 1 N–H and O–H groups in total. The van der Waals surface area contributed by atoms with Crippen LogP contribution in [0.25, 0.3) is 0 Å². The van der Waals surface area contributed by atoms with Crippen LogP contribution in [-0.4, -0.2) is 35.5 Å². The van der Waals surface area contributed by atoms with Gasteiger partial charge in [-0.3, -0.25) is 14.8 Å². The third-order valence-electron chi connectivity index (χ3n) is 5.14. The average Bonchev–Trinajstić information content (AvgIpc) is 2.72. The Balaban J connectivity index is 1.88.